The van der Waals surface area contributed by atoms with Crippen LogP contribution in [0.25, 0.3) is 0 Å². The summed E-state index contributed by atoms with van der Waals surface area (Å²) in [7, 11) is -2.97. The monoisotopic (exact) mass is 386 g/mol. The second-order valence-corrected chi connectivity index (χ2v) is 9.65. The molecule has 3 N–H and O–H groups in total. The molecule has 1 aromatic rings. The predicted octanol–water partition coefficient (Wildman–Crippen LogP) is 0.805. The number of sulfone groups is 1. The topological polar surface area (TPSA) is 99.7 Å². The van der Waals surface area contributed by atoms with Gasteiger partial charge < -0.3 is 16.0 Å². The summed E-state index contributed by atoms with van der Waals surface area (Å²) in [5.41, 5.74) is 0. The molecule has 0 radical (unpaired) electrons. The summed E-state index contributed by atoms with van der Waals surface area (Å²) in [5.74, 6) is 0.746. The fraction of sp³-hybridized carbons (Fsp3) is 0.625. The van der Waals surface area contributed by atoms with Crippen LogP contribution in [0.2, 0.25) is 0 Å². The molecule has 1 fully saturated rings. The molecule has 2 rings (SSSR count). The van der Waals surface area contributed by atoms with Gasteiger partial charge in [0, 0.05) is 35.3 Å². The fourth-order valence-electron chi connectivity index (χ4n) is 2.57. The second kappa shape index (κ2) is 9.19. The molecular weight excluding hydrogens is 360 g/mol. The van der Waals surface area contributed by atoms with E-state index in [1.54, 1.807) is 11.3 Å². The van der Waals surface area contributed by atoms with E-state index in [9.17, 15) is 13.2 Å². The van der Waals surface area contributed by atoms with Crippen LogP contribution in [0.3, 0.4) is 0 Å². The molecule has 0 spiro atoms. The van der Waals surface area contributed by atoms with Gasteiger partial charge in [0.2, 0.25) is 5.91 Å². The Bertz CT molecular complexity index is 713. The molecule has 1 unspecified atom stereocenters. The number of nitrogens with one attached hydrogen (secondary N) is 3. The van der Waals surface area contributed by atoms with Crippen LogP contribution in [-0.4, -0.2) is 50.9 Å². The van der Waals surface area contributed by atoms with Gasteiger partial charge in [0.1, 0.15) is 0 Å². The first kappa shape index (κ1) is 19.7. The summed E-state index contributed by atoms with van der Waals surface area (Å²) in [5, 5.41) is 9.07. The molecule has 2 heterocycles. The molecule has 1 aliphatic rings. The number of guanidine groups is 1. The van der Waals surface area contributed by atoms with E-state index < -0.39 is 9.84 Å². The van der Waals surface area contributed by atoms with Crippen LogP contribution < -0.4 is 16.0 Å². The van der Waals surface area contributed by atoms with Gasteiger partial charge in [-0.2, -0.15) is 0 Å². The SMILES string of the molecule is CCNC(=NCc1ccc(C)s1)NCCC(=O)NC1CCS(=O)(=O)C1. The van der Waals surface area contributed by atoms with E-state index in [1.165, 1.54) is 9.75 Å². The molecule has 1 aliphatic heterocycles. The summed E-state index contributed by atoms with van der Waals surface area (Å²) >= 11 is 1.72. The Kier molecular flexibility index (Phi) is 7.24. The highest BCUT2D eigenvalue weighted by Gasteiger charge is 2.28. The van der Waals surface area contributed by atoms with Gasteiger partial charge >= 0.3 is 0 Å². The first-order valence-corrected chi connectivity index (χ1v) is 11.1. The fourth-order valence-corrected chi connectivity index (χ4v) is 5.06. The van der Waals surface area contributed by atoms with Crippen molar-refractivity contribution in [2.45, 2.75) is 39.3 Å². The van der Waals surface area contributed by atoms with Crippen molar-refractivity contribution in [1.29, 1.82) is 0 Å². The first-order valence-electron chi connectivity index (χ1n) is 8.45. The van der Waals surface area contributed by atoms with Gasteiger partial charge in [0.25, 0.3) is 0 Å². The van der Waals surface area contributed by atoms with E-state index in [1.807, 2.05) is 6.92 Å². The van der Waals surface area contributed by atoms with Crippen LogP contribution in [0.1, 0.15) is 29.5 Å². The zero-order valence-electron chi connectivity index (χ0n) is 14.7. The van der Waals surface area contributed by atoms with E-state index >= 15 is 0 Å². The number of amides is 1. The van der Waals surface area contributed by atoms with Crippen molar-refractivity contribution in [3.05, 3.63) is 21.9 Å². The number of carbonyl (C=O) groups excluding carboxylic acids is 1. The highest BCUT2D eigenvalue weighted by Crippen LogP contribution is 2.15. The summed E-state index contributed by atoms with van der Waals surface area (Å²) in [4.78, 5) is 18.9. The Balaban J connectivity index is 1.73. The largest absolute Gasteiger partial charge is 0.357 e. The van der Waals surface area contributed by atoms with Gasteiger partial charge in [-0.3, -0.25) is 4.79 Å². The number of thiophene rings is 1. The molecule has 7 nitrogen and oxygen atoms in total. The number of aryl methyl sites for hydroxylation is 1. The van der Waals surface area contributed by atoms with Crippen LogP contribution in [0, 0.1) is 6.92 Å². The molecule has 1 amide bonds. The third-order valence-corrected chi connectivity index (χ3v) is 6.53. The van der Waals surface area contributed by atoms with Gasteiger partial charge in [0.05, 0.1) is 18.1 Å². The first-order chi connectivity index (χ1) is 11.9. The third-order valence-electron chi connectivity index (χ3n) is 3.78. The van der Waals surface area contributed by atoms with Crippen molar-refractivity contribution in [3.8, 4) is 0 Å². The predicted molar refractivity (Wildman–Crippen MR) is 102 cm³/mol. The summed E-state index contributed by atoms with van der Waals surface area (Å²) in [6, 6.07) is 3.89. The highest BCUT2D eigenvalue weighted by molar-refractivity contribution is 7.91. The molecule has 1 aromatic heterocycles. The Hall–Kier alpha value is -1.61. The Morgan fingerprint density at radius 2 is 2.16 bits per heavy atom. The van der Waals surface area contributed by atoms with Crippen LogP contribution in [-0.2, 0) is 21.2 Å². The zero-order valence-corrected chi connectivity index (χ0v) is 16.3. The zero-order chi connectivity index (χ0) is 18.3. The van der Waals surface area contributed by atoms with Gasteiger partial charge in [-0.1, -0.05) is 0 Å². The quantitative estimate of drug-likeness (QED) is 0.476. The lowest BCUT2D eigenvalue weighted by Crippen LogP contribution is -2.41. The van der Waals surface area contributed by atoms with Crippen molar-refractivity contribution >= 4 is 33.0 Å². The molecule has 0 bridgehead atoms. The molecule has 1 atom stereocenters. The van der Waals surface area contributed by atoms with Gasteiger partial charge in [-0.25, -0.2) is 13.4 Å². The Morgan fingerprint density at radius 1 is 1.36 bits per heavy atom. The minimum absolute atomic E-state index is 0.0521. The number of carbonyl (C=O) groups is 1. The molecule has 140 valence electrons. The Morgan fingerprint density at radius 3 is 2.76 bits per heavy atom. The summed E-state index contributed by atoms with van der Waals surface area (Å²) in [6.45, 7) is 5.83. The van der Waals surface area contributed by atoms with Crippen LogP contribution in [0.5, 0.6) is 0 Å². The average Bonchev–Trinajstić information content (AvgIpc) is 3.10. The molecule has 0 aliphatic carbocycles. The average molecular weight is 387 g/mol. The smallest absolute Gasteiger partial charge is 0.222 e. The maximum atomic E-state index is 11.9. The number of hydrogen-bond acceptors (Lipinski definition) is 5. The van der Waals surface area contributed by atoms with E-state index in [2.05, 4.69) is 40.0 Å². The van der Waals surface area contributed by atoms with Crippen molar-refractivity contribution in [3.63, 3.8) is 0 Å². The van der Waals surface area contributed by atoms with Gasteiger partial charge in [0.15, 0.2) is 15.8 Å². The molecule has 0 saturated carbocycles. The number of aliphatic imine (C=N–C) groups is 1. The normalized spacial score (nSPS) is 19.6. The van der Waals surface area contributed by atoms with E-state index in [4.69, 9.17) is 0 Å². The molecule has 9 heteroatoms. The minimum atomic E-state index is -2.97. The lowest BCUT2D eigenvalue weighted by Gasteiger charge is -2.13. The minimum Gasteiger partial charge on any atom is -0.357 e. The lowest BCUT2D eigenvalue weighted by molar-refractivity contribution is -0.121. The van der Waals surface area contributed by atoms with Crippen molar-refractivity contribution in [1.82, 2.24) is 16.0 Å². The van der Waals surface area contributed by atoms with Crippen LogP contribution in [0.4, 0.5) is 0 Å². The maximum Gasteiger partial charge on any atom is 0.222 e. The van der Waals surface area contributed by atoms with E-state index in [0.29, 0.717) is 25.5 Å². The maximum absolute atomic E-state index is 11.9. The highest BCUT2D eigenvalue weighted by atomic mass is 32.2. The van der Waals surface area contributed by atoms with Crippen LogP contribution >= 0.6 is 11.3 Å². The van der Waals surface area contributed by atoms with E-state index in [-0.39, 0.29) is 29.9 Å². The van der Waals surface area contributed by atoms with Crippen molar-refractivity contribution in [2.75, 3.05) is 24.6 Å². The van der Waals surface area contributed by atoms with Gasteiger partial charge in [-0.15, -0.1) is 11.3 Å². The number of nitrogens with zero attached hydrogens (tertiary/aromatic N) is 1. The third kappa shape index (κ3) is 7.03. The molecule has 25 heavy (non-hydrogen) atoms. The number of rotatable bonds is 7. The Labute approximate surface area is 153 Å². The molecule has 0 aromatic carbocycles. The second-order valence-electron chi connectivity index (χ2n) is 6.05. The summed E-state index contributed by atoms with van der Waals surface area (Å²) in [6.07, 6.45) is 0.783. The van der Waals surface area contributed by atoms with Crippen LogP contribution in [0.15, 0.2) is 17.1 Å². The standard InChI is InChI=1S/C16H26N4O3S2/c1-3-17-16(19-10-14-5-4-12(2)24-14)18-8-6-15(21)20-13-7-9-25(22,23)11-13/h4-5,13H,3,6-11H2,1-2H3,(H,20,21)(H2,17,18,19). The summed E-state index contributed by atoms with van der Waals surface area (Å²) < 4.78 is 22.8. The van der Waals surface area contributed by atoms with E-state index in [0.717, 1.165) is 6.54 Å². The van der Waals surface area contributed by atoms with Crippen molar-refractivity contribution < 1.29 is 13.2 Å². The van der Waals surface area contributed by atoms with Crippen molar-refractivity contribution in [2.24, 2.45) is 4.99 Å². The molecule has 1 saturated heterocycles. The number of hydrogen-bond donors (Lipinski definition) is 3. The van der Waals surface area contributed by atoms with Gasteiger partial charge in [-0.05, 0) is 32.4 Å². The molecular formula is C16H26N4O3S2. The lowest BCUT2D eigenvalue weighted by atomic mass is 10.2.